The van der Waals surface area contributed by atoms with Crippen molar-refractivity contribution in [1.82, 2.24) is 0 Å². The quantitative estimate of drug-likeness (QED) is 0.862. The van der Waals surface area contributed by atoms with E-state index in [-0.39, 0.29) is 24.6 Å². The molecule has 0 fully saturated rings. The van der Waals surface area contributed by atoms with Gasteiger partial charge in [-0.2, -0.15) is 0 Å². The van der Waals surface area contributed by atoms with Crippen LogP contribution in [0.5, 0.6) is 5.75 Å². The van der Waals surface area contributed by atoms with Gasteiger partial charge in [0.15, 0.2) is 5.78 Å². The maximum atomic E-state index is 12.1. The molecule has 0 aromatic heterocycles. The van der Waals surface area contributed by atoms with Gasteiger partial charge in [-0.3, -0.25) is 9.59 Å². The molecule has 0 amide bonds. The summed E-state index contributed by atoms with van der Waals surface area (Å²) in [5.41, 5.74) is 0.793. The molecule has 0 spiro atoms. The summed E-state index contributed by atoms with van der Waals surface area (Å²) < 4.78 is 10.1. The van der Waals surface area contributed by atoms with Gasteiger partial charge >= 0.3 is 5.97 Å². The second-order valence-electron chi connectivity index (χ2n) is 4.85. The van der Waals surface area contributed by atoms with Crippen LogP contribution in [0.4, 0.5) is 0 Å². The Balaban J connectivity index is 2.34. The summed E-state index contributed by atoms with van der Waals surface area (Å²) in [4.78, 5) is 23.8. The molecule has 2 rings (SSSR count). The maximum absolute atomic E-state index is 12.1. The fraction of sp³-hybridized carbons (Fsp3) is 0.375. The highest BCUT2D eigenvalue weighted by atomic mass is 16.5. The molecule has 1 aliphatic rings. The number of benzene rings is 1. The first-order valence-corrected chi connectivity index (χ1v) is 6.80. The van der Waals surface area contributed by atoms with Crippen molar-refractivity contribution in [1.29, 1.82) is 0 Å². The third-order valence-corrected chi connectivity index (χ3v) is 3.54. The third kappa shape index (κ3) is 3.24. The highest BCUT2D eigenvalue weighted by Gasteiger charge is 2.38. The lowest BCUT2D eigenvalue weighted by Crippen LogP contribution is -2.31. The average molecular weight is 290 g/mol. The van der Waals surface area contributed by atoms with E-state index in [1.165, 1.54) is 0 Å². The standard InChI is InChI=1S/C16H18O5/c1-3-21-16(19)15-13(8-11(17)9-14(15)18)10-4-6-12(20-2)7-5-10/h4-7,9,13,15,18H,3,8H2,1-2H3. The smallest absolute Gasteiger partial charge is 0.317 e. The van der Waals surface area contributed by atoms with E-state index in [0.29, 0.717) is 5.75 Å². The Kier molecular flexibility index (Phi) is 4.62. The van der Waals surface area contributed by atoms with Crippen LogP contribution in [-0.2, 0) is 14.3 Å². The summed E-state index contributed by atoms with van der Waals surface area (Å²) in [7, 11) is 1.56. The molecule has 1 N–H and O–H groups in total. The largest absolute Gasteiger partial charge is 0.511 e. The predicted molar refractivity (Wildman–Crippen MR) is 76.2 cm³/mol. The monoisotopic (exact) mass is 290 g/mol. The lowest BCUT2D eigenvalue weighted by Gasteiger charge is -2.28. The number of aliphatic hydroxyl groups excluding tert-OH is 1. The molecule has 0 aliphatic heterocycles. The van der Waals surface area contributed by atoms with Gasteiger partial charge in [-0.05, 0) is 24.6 Å². The Morgan fingerprint density at radius 1 is 1.33 bits per heavy atom. The highest BCUT2D eigenvalue weighted by Crippen LogP contribution is 2.37. The Morgan fingerprint density at radius 3 is 2.57 bits per heavy atom. The van der Waals surface area contributed by atoms with Crippen molar-refractivity contribution in [2.75, 3.05) is 13.7 Å². The van der Waals surface area contributed by atoms with E-state index in [9.17, 15) is 14.7 Å². The van der Waals surface area contributed by atoms with Crippen LogP contribution < -0.4 is 4.74 Å². The topological polar surface area (TPSA) is 72.8 Å². The van der Waals surface area contributed by atoms with Gasteiger partial charge in [-0.25, -0.2) is 0 Å². The number of methoxy groups -OCH3 is 1. The summed E-state index contributed by atoms with van der Waals surface area (Å²) in [6.07, 6.45) is 1.28. The number of carbonyl (C=O) groups is 2. The normalized spacial score (nSPS) is 21.6. The van der Waals surface area contributed by atoms with Crippen molar-refractivity contribution in [3.05, 3.63) is 41.7 Å². The van der Waals surface area contributed by atoms with Crippen molar-refractivity contribution in [2.24, 2.45) is 5.92 Å². The number of aliphatic hydroxyl groups is 1. The van der Waals surface area contributed by atoms with Gasteiger partial charge in [-0.15, -0.1) is 0 Å². The summed E-state index contributed by atoms with van der Waals surface area (Å²) in [6.45, 7) is 1.93. The molecule has 1 aliphatic carbocycles. The highest BCUT2D eigenvalue weighted by molar-refractivity contribution is 5.94. The molecular formula is C16H18O5. The van der Waals surface area contributed by atoms with Crippen LogP contribution in [0.1, 0.15) is 24.8 Å². The zero-order valence-corrected chi connectivity index (χ0v) is 12.0. The van der Waals surface area contributed by atoms with Crippen molar-refractivity contribution in [3.8, 4) is 5.75 Å². The van der Waals surface area contributed by atoms with Crippen molar-refractivity contribution in [3.63, 3.8) is 0 Å². The molecule has 0 saturated heterocycles. The van der Waals surface area contributed by atoms with E-state index >= 15 is 0 Å². The Morgan fingerprint density at radius 2 is 2.00 bits per heavy atom. The number of ketones is 1. The molecule has 0 saturated carbocycles. The minimum Gasteiger partial charge on any atom is -0.511 e. The first-order chi connectivity index (χ1) is 10.1. The molecule has 5 nitrogen and oxygen atoms in total. The van der Waals surface area contributed by atoms with Gasteiger partial charge in [0, 0.05) is 18.4 Å². The van der Waals surface area contributed by atoms with E-state index in [0.717, 1.165) is 11.6 Å². The zero-order chi connectivity index (χ0) is 15.4. The first kappa shape index (κ1) is 15.1. The number of esters is 1. The number of carbonyl (C=O) groups excluding carboxylic acids is 2. The number of rotatable bonds is 4. The first-order valence-electron chi connectivity index (χ1n) is 6.80. The average Bonchev–Trinajstić information content (AvgIpc) is 2.46. The number of allylic oxidation sites excluding steroid dienone is 1. The molecule has 112 valence electrons. The fourth-order valence-corrected chi connectivity index (χ4v) is 2.53. The lowest BCUT2D eigenvalue weighted by atomic mass is 9.77. The van der Waals surface area contributed by atoms with Gasteiger partial charge in [0.2, 0.25) is 0 Å². The van der Waals surface area contributed by atoms with Crippen LogP contribution in [0.25, 0.3) is 0 Å². The van der Waals surface area contributed by atoms with E-state index in [1.807, 2.05) is 0 Å². The Bertz CT molecular complexity index is 559. The molecule has 1 aromatic carbocycles. The molecule has 21 heavy (non-hydrogen) atoms. The van der Waals surface area contributed by atoms with E-state index < -0.39 is 17.8 Å². The summed E-state index contributed by atoms with van der Waals surface area (Å²) in [6, 6.07) is 7.11. The van der Waals surface area contributed by atoms with E-state index in [1.54, 1.807) is 38.3 Å². The second kappa shape index (κ2) is 6.43. The Labute approximate surface area is 123 Å². The summed E-state index contributed by atoms with van der Waals surface area (Å²) in [5.74, 6) is -1.52. The SMILES string of the molecule is CCOC(=O)C1C(O)=CC(=O)CC1c1ccc(OC)cc1. The Hall–Kier alpha value is -2.30. The molecule has 0 bridgehead atoms. The molecule has 2 atom stereocenters. The zero-order valence-electron chi connectivity index (χ0n) is 12.0. The number of hydrogen-bond acceptors (Lipinski definition) is 5. The van der Waals surface area contributed by atoms with Crippen LogP contribution in [0.15, 0.2) is 36.1 Å². The van der Waals surface area contributed by atoms with Gasteiger partial charge in [0.1, 0.15) is 17.4 Å². The third-order valence-electron chi connectivity index (χ3n) is 3.54. The fourth-order valence-electron chi connectivity index (χ4n) is 2.53. The molecule has 0 heterocycles. The van der Waals surface area contributed by atoms with Crippen LogP contribution in [0.2, 0.25) is 0 Å². The maximum Gasteiger partial charge on any atom is 0.317 e. The number of hydrogen-bond donors (Lipinski definition) is 1. The molecular weight excluding hydrogens is 272 g/mol. The summed E-state index contributed by atoms with van der Waals surface area (Å²) >= 11 is 0. The van der Waals surface area contributed by atoms with Crippen LogP contribution >= 0.6 is 0 Å². The van der Waals surface area contributed by atoms with Crippen LogP contribution in [0, 0.1) is 5.92 Å². The van der Waals surface area contributed by atoms with E-state index in [2.05, 4.69) is 0 Å². The molecule has 2 unspecified atom stereocenters. The van der Waals surface area contributed by atoms with Gasteiger partial charge in [0.25, 0.3) is 0 Å². The van der Waals surface area contributed by atoms with Crippen molar-refractivity contribution >= 4 is 11.8 Å². The van der Waals surface area contributed by atoms with Crippen molar-refractivity contribution in [2.45, 2.75) is 19.3 Å². The van der Waals surface area contributed by atoms with Gasteiger partial charge in [0.05, 0.1) is 13.7 Å². The molecule has 1 aromatic rings. The second-order valence-corrected chi connectivity index (χ2v) is 4.85. The minimum atomic E-state index is -0.837. The van der Waals surface area contributed by atoms with E-state index in [4.69, 9.17) is 9.47 Å². The summed E-state index contributed by atoms with van der Waals surface area (Å²) in [5, 5.41) is 9.98. The van der Waals surface area contributed by atoms with Crippen LogP contribution in [0.3, 0.4) is 0 Å². The van der Waals surface area contributed by atoms with Gasteiger partial charge < -0.3 is 14.6 Å². The van der Waals surface area contributed by atoms with Gasteiger partial charge in [-0.1, -0.05) is 12.1 Å². The minimum absolute atomic E-state index is 0.167. The molecule has 5 heteroatoms. The predicted octanol–water partition coefficient (Wildman–Crippen LogP) is 2.37. The number of ether oxygens (including phenoxy) is 2. The lowest BCUT2D eigenvalue weighted by molar-refractivity contribution is -0.148. The van der Waals surface area contributed by atoms with Crippen LogP contribution in [-0.4, -0.2) is 30.6 Å². The molecule has 0 radical (unpaired) electrons. The van der Waals surface area contributed by atoms with Crippen molar-refractivity contribution < 1.29 is 24.2 Å².